The zero-order valence-corrected chi connectivity index (χ0v) is 13.8. The van der Waals surface area contributed by atoms with Gasteiger partial charge in [-0.25, -0.2) is 0 Å². The minimum Gasteiger partial charge on any atom is -0.353 e. The molecule has 2 aliphatic rings. The average molecular weight is 320 g/mol. The summed E-state index contributed by atoms with van der Waals surface area (Å²) in [6.07, 6.45) is 6.54. The predicted octanol–water partition coefficient (Wildman–Crippen LogP) is 3.86. The molecular weight excluding hydrogens is 292 g/mol. The number of rotatable bonds is 7. The van der Waals surface area contributed by atoms with E-state index in [1.165, 1.54) is 18.4 Å². The quantitative estimate of drug-likeness (QED) is 0.764. The SMILES string of the molecule is c1ccc(C(COC2CCCCO2)COC2CCCCO2)cc1. The normalized spacial score (nSPS) is 26.8. The van der Waals surface area contributed by atoms with Crippen LogP contribution in [0.15, 0.2) is 30.3 Å². The number of hydrogen-bond donors (Lipinski definition) is 0. The highest BCUT2D eigenvalue weighted by atomic mass is 16.7. The Morgan fingerprint density at radius 3 is 1.87 bits per heavy atom. The van der Waals surface area contributed by atoms with Gasteiger partial charge in [0.1, 0.15) is 0 Å². The van der Waals surface area contributed by atoms with Crippen LogP contribution in [0.5, 0.6) is 0 Å². The summed E-state index contributed by atoms with van der Waals surface area (Å²) in [6, 6.07) is 10.4. The molecular formula is C19H28O4. The summed E-state index contributed by atoms with van der Waals surface area (Å²) in [5.74, 6) is 0.215. The molecule has 2 atom stereocenters. The zero-order chi connectivity index (χ0) is 15.7. The predicted molar refractivity (Wildman–Crippen MR) is 88.3 cm³/mol. The Labute approximate surface area is 139 Å². The van der Waals surface area contributed by atoms with Gasteiger partial charge in [0, 0.05) is 19.1 Å². The van der Waals surface area contributed by atoms with E-state index in [9.17, 15) is 0 Å². The lowest BCUT2D eigenvalue weighted by molar-refractivity contribution is -0.183. The highest BCUT2D eigenvalue weighted by Gasteiger charge is 2.21. The van der Waals surface area contributed by atoms with Gasteiger partial charge in [-0.2, -0.15) is 0 Å². The maximum absolute atomic E-state index is 6.00. The Bertz CT molecular complexity index is 402. The van der Waals surface area contributed by atoms with E-state index in [-0.39, 0.29) is 18.5 Å². The van der Waals surface area contributed by atoms with Crippen LogP contribution in [0.2, 0.25) is 0 Å². The van der Waals surface area contributed by atoms with E-state index >= 15 is 0 Å². The van der Waals surface area contributed by atoms with Gasteiger partial charge >= 0.3 is 0 Å². The van der Waals surface area contributed by atoms with Crippen LogP contribution in [-0.4, -0.2) is 39.0 Å². The van der Waals surface area contributed by atoms with Gasteiger partial charge in [0.25, 0.3) is 0 Å². The topological polar surface area (TPSA) is 36.9 Å². The minimum atomic E-state index is -0.0547. The molecule has 23 heavy (non-hydrogen) atoms. The maximum Gasteiger partial charge on any atom is 0.157 e. The second kappa shape index (κ2) is 9.38. The number of ether oxygens (including phenoxy) is 4. The molecule has 4 nitrogen and oxygen atoms in total. The molecule has 1 aromatic carbocycles. The standard InChI is InChI=1S/C19H28O4/c1-2-8-16(9-3-1)17(14-22-18-10-4-6-12-20-18)15-23-19-11-5-7-13-21-19/h1-3,8-9,17-19H,4-7,10-15H2. The first kappa shape index (κ1) is 16.9. The molecule has 4 heteroatoms. The van der Waals surface area contributed by atoms with Gasteiger partial charge in [-0.15, -0.1) is 0 Å². The first-order valence-electron chi connectivity index (χ1n) is 8.93. The van der Waals surface area contributed by atoms with Gasteiger partial charge in [-0.05, 0) is 44.1 Å². The van der Waals surface area contributed by atoms with Crippen LogP contribution in [0.4, 0.5) is 0 Å². The van der Waals surface area contributed by atoms with Crippen molar-refractivity contribution in [3.05, 3.63) is 35.9 Å². The Hall–Kier alpha value is -0.940. The van der Waals surface area contributed by atoms with Gasteiger partial charge in [-0.1, -0.05) is 30.3 Å². The molecule has 0 radical (unpaired) electrons. The summed E-state index contributed by atoms with van der Waals surface area (Å²) in [7, 11) is 0. The summed E-state index contributed by atoms with van der Waals surface area (Å²) in [6.45, 7) is 2.88. The van der Waals surface area contributed by atoms with E-state index in [2.05, 4.69) is 24.3 Å². The van der Waals surface area contributed by atoms with Crippen LogP contribution in [0.3, 0.4) is 0 Å². The Morgan fingerprint density at radius 2 is 1.39 bits per heavy atom. The molecule has 128 valence electrons. The molecule has 0 saturated carbocycles. The highest BCUT2D eigenvalue weighted by molar-refractivity contribution is 5.19. The third-order valence-electron chi connectivity index (χ3n) is 4.51. The van der Waals surface area contributed by atoms with Gasteiger partial charge in [-0.3, -0.25) is 0 Å². The second-order valence-electron chi connectivity index (χ2n) is 6.37. The first-order chi connectivity index (χ1) is 11.4. The van der Waals surface area contributed by atoms with Crippen LogP contribution in [0.1, 0.15) is 50.0 Å². The first-order valence-corrected chi connectivity index (χ1v) is 8.93. The molecule has 2 unspecified atom stereocenters. The molecule has 0 spiro atoms. The van der Waals surface area contributed by atoms with Crippen LogP contribution < -0.4 is 0 Å². The Kier molecular flexibility index (Phi) is 6.89. The van der Waals surface area contributed by atoms with E-state index in [4.69, 9.17) is 18.9 Å². The molecule has 2 aliphatic heterocycles. The van der Waals surface area contributed by atoms with Crippen LogP contribution in [0, 0.1) is 0 Å². The number of hydrogen-bond acceptors (Lipinski definition) is 4. The molecule has 2 fully saturated rings. The monoisotopic (exact) mass is 320 g/mol. The van der Waals surface area contributed by atoms with Gasteiger partial charge < -0.3 is 18.9 Å². The van der Waals surface area contributed by atoms with E-state index in [1.807, 2.05) is 6.07 Å². The van der Waals surface area contributed by atoms with Crippen molar-refractivity contribution in [2.24, 2.45) is 0 Å². The lowest BCUT2D eigenvalue weighted by Crippen LogP contribution is -2.28. The minimum absolute atomic E-state index is 0.0547. The van der Waals surface area contributed by atoms with E-state index in [0.29, 0.717) is 13.2 Å². The average Bonchev–Trinajstić information content (AvgIpc) is 2.64. The Morgan fingerprint density at radius 1 is 0.826 bits per heavy atom. The summed E-state index contributed by atoms with van der Waals surface area (Å²) < 4.78 is 23.3. The van der Waals surface area contributed by atoms with E-state index in [1.54, 1.807) is 0 Å². The summed E-state index contributed by atoms with van der Waals surface area (Å²) in [4.78, 5) is 0. The smallest absolute Gasteiger partial charge is 0.157 e. The van der Waals surface area contributed by atoms with Crippen molar-refractivity contribution >= 4 is 0 Å². The fourth-order valence-electron chi connectivity index (χ4n) is 3.10. The summed E-state index contributed by atoms with van der Waals surface area (Å²) in [5.41, 5.74) is 1.25. The summed E-state index contributed by atoms with van der Waals surface area (Å²) in [5, 5.41) is 0. The van der Waals surface area contributed by atoms with Crippen molar-refractivity contribution in [2.75, 3.05) is 26.4 Å². The van der Waals surface area contributed by atoms with Crippen LogP contribution in [0.25, 0.3) is 0 Å². The van der Waals surface area contributed by atoms with Crippen LogP contribution >= 0.6 is 0 Å². The largest absolute Gasteiger partial charge is 0.353 e. The second-order valence-corrected chi connectivity index (χ2v) is 6.37. The third-order valence-corrected chi connectivity index (χ3v) is 4.51. The van der Waals surface area contributed by atoms with Crippen molar-refractivity contribution in [3.63, 3.8) is 0 Å². The van der Waals surface area contributed by atoms with Crippen molar-refractivity contribution in [3.8, 4) is 0 Å². The maximum atomic E-state index is 6.00. The van der Waals surface area contributed by atoms with Crippen molar-refractivity contribution in [2.45, 2.75) is 57.0 Å². The number of benzene rings is 1. The molecule has 0 N–H and O–H groups in total. The summed E-state index contributed by atoms with van der Waals surface area (Å²) >= 11 is 0. The highest BCUT2D eigenvalue weighted by Crippen LogP contribution is 2.22. The Balaban J connectivity index is 1.52. The molecule has 1 aromatic rings. The zero-order valence-electron chi connectivity index (χ0n) is 13.8. The van der Waals surface area contributed by atoms with E-state index in [0.717, 1.165) is 38.9 Å². The van der Waals surface area contributed by atoms with Crippen molar-refractivity contribution in [1.29, 1.82) is 0 Å². The van der Waals surface area contributed by atoms with E-state index < -0.39 is 0 Å². The van der Waals surface area contributed by atoms with Gasteiger partial charge in [0.2, 0.25) is 0 Å². The lowest BCUT2D eigenvalue weighted by Gasteiger charge is -2.28. The molecule has 0 aromatic heterocycles. The molecule has 0 bridgehead atoms. The fraction of sp³-hybridized carbons (Fsp3) is 0.684. The lowest BCUT2D eigenvalue weighted by atomic mass is 10.0. The molecule has 2 saturated heterocycles. The molecule has 0 aliphatic carbocycles. The molecule has 2 heterocycles. The molecule has 0 amide bonds. The third kappa shape index (κ3) is 5.57. The van der Waals surface area contributed by atoms with Crippen LogP contribution in [-0.2, 0) is 18.9 Å². The fourth-order valence-corrected chi connectivity index (χ4v) is 3.10. The van der Waals surface area contributed by atoms with Crippen molar-refractivity contribution < 1.29 is 18.9 Å². The van der Waals surface area contributed by atoms with Crippen molar-refractivity contribution in [1.82, 2.24) is 0 Å². The van der Waals surface area contributed by atoms with Gasteiger partial charge in [0.05, 0.1) is 13.2 Å². The van der Waals surface area contributed by atoms with Gasteiger partial charge in [0.15, 0.2) is 12.6 Å². The molecule has 3 rings (SSSR count).